The van der Waals surface area contributed by atoms with Gasteiger partial charge in [0, 0.05) is 23.4 Å². The molecule has 1 N–H and O–H groups in total. The van der Waals surface area contributed by atoms with Crippen LogP contribution in [0.4, 0.5) is 5.82 Å². The molecule has 1 amide bonds. The summed E-state index contributed by atoms with van der Waals surface area (Å²) in [5.74, 6) is -0.318. The molecule has 8 heteroatoms. The van der Waals surface area contributed by atoms with Crippen LogP contribution in [0, 0.1) is 13.8 Å². The van der Waals surface area contributed by atoms with E-state index in [1.165, 1.54) is 0 Å². The Morgan fingerprint density at radius 1 is 1.10 bits per heavy atom. The van der Waals surface area contributed by atoms with Gasteiger partial charge in [0.25, 0.3) is 5.91 Å². The predicted molar refractivity (Wildman–Crippen MR) is 114 cm³/mol. The number of amides is 1. The van der Waals surface area contributed by atoms with Crippen molar-refractivity contribution in [3.05, 3.63) is 59.5 Å². The Bertz CT molecular complexity index is 1040. The average molecular weight is 409 g/mol. The molecule has 0 aliphatic heterocycles. The Labute approximate surface area is 175 Å². The molecule has 0 aliphatic carbocycles. The zero-order valence-electron chi connectivity index (χ0n) is 17.9. The topological polar surface area (TPSA) is 91.0 Å². The van der Waals surface area contributed by atoms with Gasteiger partial charge in [-0.1, -0.05) is 18.2 Å². The van der Waals surface area contributed by atoms with Crippen molar-refractivity contribution >= 4 is 17.7 Å². The average Bonchev–Trinajstić information content (AvgIpc) is 3.28. The van der Waals surface area contributed by atoms with Crippen LogP contribution in [0.25, 0.3) is 5.69 Å². The molecule has 0 fully saturated rings. The number of aromatic nitrogens is 4. The molecule has 1 aromatic carbocycles. The second-order valence-corrected chi connectivity index (χ2v) is 7.45. The maximum absolute atomic E-state index is 12.5. The fourth-order valence-electron chi connectivity index (χ4n) is 3.24. The van der Waals surface area contributed by atoms with E-state index in [2.05, 4.69) is 15.5 Å². The molecular weight excluding hydrogens is 382 g/mol. The van der Waals surface area contributed by atoms with Crippen LogP contribution in [0.2, 0.25) is 0 Å². The maximum Gasteiger partial charge on any atom is 0.311 e. The van der Waals surface area contributed by atoms with E-state index >= 15 is 0 Å². The monoisotopic (exact) mass is 409 g/mol. The lowest BCUT2D eigenvalue weighted by atomic mass is 10.1. The van der Waals surface area contributed by atoms with Crippen LogP contribution < -0.4 is 5.32 Å². The summed E-state index contributed by atoms with van der Waals surface area (Å²) in [4.78, 5) is 24.9. The van der Waals surface area contributed by atoms with Crippen molar-refractivity contribution < 1.29 is 14.3 Å². The zero-order valence-corrected chi connectivity index (χ0v) is 17.9. The maximum atomic E-state index is 12.5. The van der Waals surface area contributed by atoms with Gasteiger partial charge in [-0.15, -0.1) is 0 Å². The lowest BCUT2D eigenvalue weighted by Gasteiger charge is -2.16. The summed E-state index contributed by atoms with van der Waals surface area (Å²) in [6, 6.07) is 11.5. The molecule has 0 unspecified atom stereocenters. The third-order valence-corrected chi connectivity index (χ3v) is 4.85. The second kappa shape index (κ2) is 8.94. The van der Waals surface area contributed by atoms with E-state index in [-0.39, 0.29) is 12.5 Å². The van der Waals surface area contributed by atoms with E-state index < -0.39 is 18.0 Å². The van der Waals surface area contributed by atoms with E-state index in [4.69, 9.17) is 4.74 Å². The smallest absolute Gasteiger partial charge is 0.311 e. The van der Waals surface area contributed by atoms with Gasteiger partial charge in [-0.2, -0.15) is 10.2 Å². The van der Waals surface area contributed by atoms with Crippen LogP contribution in [0.3, 0.4) is 0 Å². The third kappa shape index (κ3) is 4.59. The van der Waals surface area contributed by atoms with Crippen LogP contribution >= 0.6 is 0 Å². The van der Waals surface area contributed by atoms with Crippen LogP contribution in [-0.2, 0) is 20.7 Å². The molecular formula is C22H27N5O3. The molecule has 30 heavy (non-hydrogen) atoms. The molecule has 0 spiro atoms. The number of rotatable bonds is 7. The molecule has 0 saturated heterocycles. The Morgan fingerprint density at radius 2 is 1.80 bits per heavy atom. The molecule has 0 radical (unpaired) electrons. The van der Waals surface area contributed by atoms with Crippen molar-refractivity contribution in [2.24, 2.45) is 0 Å². The first-order valence-electron chi connectivity index (χ1n) is 9.92. The first kappa shape index (κ1) is 21.3. The van der Waals surface area contributed by atoms with Crippen molar-refractivity contribution in [2.45, 2.75) is 53.2 Å². The zero-order chi connectivity index (χ0) is 21.8. The molecule has 1 atom stereocenters. The molecule has 0 saturated carbocycles. The molecule has 0 aliphatic rings. The molecule has 3 rings (SSSR count). The number of nitrogens with zero attached hydrogens (tertiary/aromatic N) is 4. The van der Waals surface area contributed by atoms with E-state index in [0.29, 0.717) is 5.82 Å². The molecule has 8 nitrogen and oxygen atoms in total. The molecule has 2 aromatic heterocycles. The summed E-state index contributed by atoms with van der Waals surface area (Å²) in [6.07, 6.45) is 0.728. The number of para-hydroxylation sites is 1. The molecule has 0 bridgehead atoms. The van der Waals surface area contributed by atoms with Gasteiger partial charge in [0.05, 0.1) is 24.0 Å². The number of benzene rings is 1. The summed E-state index contributed by atoms with van der Waals surface area (Å²) in [5, 5.41) is 11.5. The third-order valence-electron chi connectivity index (χ3n) is 4.85. The Hall–Kier alpha value is -3.42. The highest BCUT2D eigenvalue weighted by Gasteiger charge is 2.22. The van der Waals surface area contributed by atoms with Gasteiger partial charge in [0.2, 0.25) is 0 Å². The Balaban J connectivity index is 1.65. The van der Waals surface area contributed by atoms with Gasteiger partial charge in [0.15, 0.2) is 6.10 Å². The Kier molecular flexibility index (Phi) is 6.34. The minimum absolute atomic E-state index is 0.0477. The summed E-state index contributed by atoms with van der Waals surface area (Å²) in [6.45, 7) is 9.26. The molecule has 3 aromatic rings. The van der Waals surface area contributed by atoms with E-state index in [0.717, 1.165) is 22.6 Å². The number of ether oxygens (including phenoxy) is 1. The van der Waals surface area contributed by atoms with Crippen LogP contribution in [-0.4, -0.2) is 37.5 Å². The number of carbonyl (C=O) groups excluding carboxylic acids is 2. The standard InChI is InChI=1S/C22H27N5O3/c1-14(2)26-20(11-12-23-26)24-22(29)17(5)30-21(28)13-19-15(3)25-27(16(19)4)18-9-7-6-8-10-18/h6-12,14,17H,13H2,1-5H3,(H,24,29)/t17-/m1/s1. The van der Waals surface area contributed by atoms with Gasteiger partial charge in [-0.05, 0) is 46.8 Å². The van der Waals surface area contributed by atoms with Crippen LogP contribution in [0.1, 0.15) is 43.8 Å². The van der Waals surface area contributed by atoms with E-state index in [1.807, 2.05) is 58.0 Å². The van der Waals surface area contributed by atoms with Gasteiger partial charge in [-0.3, -0.25) is 9.59 Å². The first-order valence-corrected chi connectivity index (χ1v) is 9.92. The minimum atomic E-state index is -0.933. The summed E-state index contributed by atoms with van der Waals surface area (Å²) in [7, 11) is 0. The fourth-order valence-corrected chi connectivity index (χ4v) is 3.24. The van der Waals surface area contributed by atoms with Crippen molar-refractivity contribution in [3.63, 3.8) is 0 Å². The molecule has 158 valence electrons. The lowest BCUT2D eigenvalue weighted by molar-refractivity contribution is -0.152. The highest BCUT2D eigenvalue weighted by atomic mass is 16.5. The highest BCUT2D eigenvalue weighted by Crippen LogP contribution is 2.19. The Morgan fingerprint density at radius 3 is 2.47 bits per heavy atom. The van der Waals surface area contributed by atoms with Crippen molar-refractivity contribution in [2.75, 3.05) is 5.32 Å². The largest absolute Gasteiger partial charge is 0.452 e. The number of aryl methyl sites for hydroxylation is 1. The predicted octanol–water partition coefficient (Wildman–Crippen LogP) is 3.38. The van der Waals surface area contributed by atoms with Crippen molar-refractivity contribution in [3.8, 4) is 5.69 Å². The number of carbonyl (C=O) groups is 2. The van der Waals surface area contributed by atoms with Gasteiger partial charge < -0.3 is 10.1 Å². The summed E-state index contributed by atoms with van der Waals surface area (Å²) >= 11 is 0. The number of hydrogen-bond acceptors (Lipinski definition) is 5. The highest BCUT2D eigenvalue weighted by molar-refractivity contribution is 5.94. The van der Waals surface area contributed by atoms with Crippen LogP contribution in [0.5, 0.6) is 0 Å². The number of anilines is 1. The second-order valence-electron chi connectivity index (χ2n) is 7.45. The number of hydrogen-bond donors (Lipinski definition) is 1. The summed E-state index contributed by atoms with van der Waals surface area (Å²) in [5.41, 5.74) is 3.35. The summed E-state index contributed by atoms with van der Waals surface area (Å²) < 4.78 is 8.87. The molecule has 2 heterocycles. The van der Waals surface area contributed by atoms with E-state index in [9.17, 15) is 9.59 Å². The first-order chi connectivity index (χ1) is 14.3. The van der Waals surface area contributed by atoms with Gasteiger partial charge in [-0.25, -0.2) is 9.36 Å². The van der Waals surface area contributed by atoms with Crippen LogP contribution in [0.15, 0.2) is 42.6 Å². The number of nitrogens with one attached hydrogen (secondary N) is 1. The van der Waals surface area contributed by atoms with Gasteiger partial charge >= 0.3 is 5.97 Å². The van der Waals surface area contributed by atoms with Crippen molar-refractivity contribution in [1.82, 2.24) is 19.6 Å². The number of esters is 1. The van der Waals surface area contributed by atoms with Crippen molar-refractivity contribution in [1.29, 1.82) is 0 Å². The fraction of sp³-hybridized carbons (Fsp3) is 0.364. The SMILES string of the molecule is Cc1nn(-c2ccccc2)c(C)c1CC(=O)O[C@H](C)C(=O)Nc1ccnn1C(C)C. The van der Waals surface area contributed by atoms with Gasteiger partial charge in [0.1, 0.15) is 5.82 Å². The quantitative estimate of drug-likeness (QED) is 0.604. The lowest BCUT2D eigenvalue weighted by Crippen LogP contribution is -2.31. The van der Waals surface area contributed by atoms with E-state index in [1.54, 1.807) is 28.6 Å². The minimum Gasteiger partial charge on any atom is -0.452 e. The normalized spacial score (nSPS) is 12.1.